The summed E-state index contributed by atoms with van der Waals surface area (Å²) >= 11 is 0. The number of alkyl carbamates (subject to hydrolysis) is 1. The van der Waals surface area contributed by atoms with Crippen LogP contribution in [0.2, 0.25) is 0 Å². The SMILES string of the molecule is CC1(OCC(=O)O)CN(C(=O)C(CC2CC2)NC(=O)OCC2c3ccccc3-c3ccccc32)C1. The maximum atomic E-state index is 13.1. The van der Waals surface area contributed by atoms with Crippen molar-refractivity contribution in [2.75, 3.05) is 26.3 Å². The number of hydrogen-bond acceptors (Lipinski definition) is 5. The molecule has 8 nitrogen and oxygen atoms in total. The molecule has 1 saturated carbocycles. The molecule has 2 aromatic carbocycles. The van der Waals surface area contributed by atoms with Crippen molar-refractivity contribution in [3.05, 3.63) is 59.7 Å². The summed E-state index contributed by atoms with van der Waals surface area (Å²) in [7, 11) is 0. The van der Waals surface area contributed by atoms with Gasteiger partial charge in [-0.1, -0.05) is 61.4 Å². The molecule has 0 aromatic heterocycles. The molecule has 5 rings (SSSR count). The average Bonchev–Trinajstić information content (AvgIpc) is 3.59. The lowest BCUT2D eigenvalue weighted by Crippen LogP contribution is -2.66. The second-order valence-electron chi connectivity index (χ2n) is 10.0. The van der Waals surface area contributed by atoms with E-state index in [2.05, 4.69) is 29.6 Å². The fourth-order valence-electron chi connectivity index (χ4n) is 5.16. The third-order valence-corrected chi connectivity index (χ3v) is 7.11. The molecule has 1 atom stereocenters. The zero-order valence-electron chi connectivity index (χ0n) is 19.7. The van der Waals surface area contributed by atoms with E-state index in [4.69, 9.17) is 14.6 Å². The van der Waals surface area contributed by atoms with E-state index in [9.17, 15) is 14.4 Å². The second-order valence-corrected chi connectivity index (χ2v) is 10.0. The molecule has 2 aromatic rings. The molecule has 0 bridgehead atoms. The van der Waals surface area contributed by atoms with Gasteiger partial charge >= 0.3 is 12.1 Å². The highest BCUT2D eigenvalue weighted by Crippen LogP contribution is 2.44. The van der Waals surface area contributed by atoms with Crippen molar-refractivity contribution in [2.45, 2.75) is 43.7 Å². The summed E-state index contributed by atoms with van der Waals surface area (Å²) in [6.07, 6.45) is 2.08. The van der Waals surface area contributed by atoms with Crippen LogP contribution in [0, 0.1) is 5.92 Å². The minimum atomic E-state index is -1.04. The Labute approximate surface area is 204 Å². The van der Waals surface area contributed by atoms with Crippen molar-refractivity contribution in [1.29, 1.82) is 0 Å². The van der Waals surface area contributed by atoms with Gasteiger partial charge in [-0.2, -0.15) is 0 Å². The van der Waals surface area contributed by atoms with Crippen LogP contribution in [-0.2, 0) is 19.1 Å². The normalized spacial score (nSPS) is 18.7. The molecule has 0 spiro atoms. The van der Waals surface area contributed by atoms with Crippen LogP contribution in [0.25, 0.3) is 11.1 Å². The lowest BCUT2D eigenvalue weighted by Gasteiger charge is -2.48. The van der Waals surface area contributed by atoms with Gasteiger partial charge in [0.05, 0.1) is 13.1 Å². The number of benzene rings is 2. The van der Waals surface area contributed by atoms with Gasteiger partial charge in [0.25, 0.3) is 0 Å². The number of amides is 2. The first kappa shape index (κ1) is 23.4. The lowest BCUT2D eigenvalue weighted by molar-refractivity contribution is -0.174. The highest BCUT2D eigenvalue weighted by atomic mass is 16.5. The van der Waals surface area contributed by atoms with E-state index in [0.29, 0.717) is 25.4 Å². The Balaban J connectivity index is 1.19. The van der Waals surface area contributed by atoms with Crippen LogP contribution in [0.4, 0.5) is 4.79 Å². The molecule has 1 aliphatic heterocycles. The van der Waals surface area contributed by atoms with Crippen molar-refractivity contribution in [3.8, 4) is 11.1 Å². The smallest absolute Gasteiger partial charge is 0.407 e. The molecule has 184 valence electrons. The molecule has 1 saturated heterocycles. The number of aliphatic carboxylic acids is 1. The van der Waals surface area contributed by atoms with Crippen LogP contribution in [0.5, 0.6) is 0 Å². The molecule has 2 aliphatic carbocycles. The Bertz CT molecular complexity index is 1090. The van der Waals surface area contributed by atoms with Crippen LogP contribution in [0.1, 0.15) is 43.2 Å². The molecule has 3 aliphatic rings. The summed E-state index contributed by atoms with van der Waals surface area (Å²) < 4.78 is 11.1. The van der Waals surface area contributed by atoms with Gasteiger partial charge in [0.1, 0.15) is 24.9 Å². The number of rotatable bonds is 9. The fourth-order valence-corrected chi connectivity index (χ4v) is 5.16. The standard InChI is InChI=1S/C27H30N2O6/c1-27(35-14-24(30)31)15-29(16-27)25(32)23(12-17-10-11-17)28-26(33)34-13-22-20-8-4-2-6-18(20)19-7-3-5-9-21(19)22/h2-9,17,22-23H,10-16H2,1H3,(H,28,33)(H,30,31). The van der Waals surface area contributed by atoms with E-state index in [1.807, 2.05) is 24.3 Å². The molecule has 2 amide bonds. The molecule has 1 unspecified atom stereocenters. The third kappa shape index (κ3) is 5.03. The summed E-state index contributed by atoms with van der Waals surface area (Å²) in [5, 5.41) is 11.6. The number of likely N-dealkylation sites (tertiary alicyclic amines) is 1. The Morgan fingerprint density at radius 1 is 1.06 bits per heavy atom. The quantitative estimate of drug-likeness (QED) is 0.572. The van der Waals surface area contributed by atoms with Crippen LogP contribution >= 0.6 is 0 Å². The number of nitrogens with one attached hydrogen (secondary N) is 1. The predicted molar refractivity (Wildman–Crippen MR) is 128 cm³/mol. The van der Waals surface area contributed by atoms with Crippen molar-refractivity contribution >= 4 is 18.0 Å². The number of carboxylic acids is 1. The van der Waals surface area contributed by atoms with Gasteiger partial charge in [-0.05, 0) is 41.5 Å². The van der Waals surface area contributed by atoms with Gasteiger partial charge in [0, 0.05) is 5.92 Å². The van der Waals surface area contributed by atoms with Crippen molar-refractivity contribution in [3.63, 3.8) is 0 Å². The van der Waals surface area contributed by atoms with E-state index < -0.39 is 30.3 Å². The highest BCUT2D eigenvalue weighted by Gasteiger charge is 2.45. The van der Waals surface area contributed by atoms with Gasteiger partial charge in [-0.25, -0.2) is 9.59 Å². The summed E-state index contributed by atoms with van der Waals surface area (Å²) in [5.41, 5.74) is 3.90. The summed E-state index contributed by atoms with van der Waals surface area (Å²) in [6, 6.07) is 15.6. The number of nitrogens with zero attached hydrogens (tertiary/aromatic N) is 1. The Morgan fingerprint density at radius 2 is 1.66 bits per heavy atom. The molecule has 0 radical (unpaired) electrons. The summed E-state index contributed by atoms with van der Waals surface area (Å²) in [4.78, 5) is 38.3. The van der Waals surface area contributed by atoms with E-state index in [1.165, 1.54) is 0 Å². The Morgan fingerprint density at radius 3 is 2.23 bits per heavy atom. The monoisotopic (exact) mass is 478 g/mol. The zero-order chi connectivity index (χ0) is 24.6. The Kier molecular flexibility index (Phi) is 6.23. The molecule has 2 N–H and O–H groups in total. The predicted octanol–water partition coefficient (Wildman–Crippen LogP) is 3.40. The zero-order valence-corrected chi connectivity index (χ0v) is 19.7. The Hall–Kier alpha value is -3.39. The number of ether oxygens (including phenoxy) is 2. The topological polar surface area (TPSA) is 105 Å². The fraction of sp³-hybridized carbons (Fsp3) is 0.444. The number of carbonyl (C=O) groups is 3. The van der Waals surface area contributed by atoms with E-state index in [-0.39, 0.29) is 18.4 Å². The van der Waals surface area contributed by atoms with Gasteiger partial charge in [-0.15, -0.1) is 0 Å². The number of carboxylic acid groups (broad SMARTS) is 1. The number of hydrogen-bond donors (Lipinski definition) is 2. The molecule has 8 heteroatoms. The molecule has 1 heterocycles. The van der Waals surface area contributed by atoms with Crippen LogP contribution in [0.15, 0.2) is 48.5 Å². The van der Waals surface area contributed by atoms with Crippen molar-refractivity contribution < 1.29 is 29.0 Å². The van der Waals surface area contributed by atoms with Gasteiger partial charge in [0.2, 0.25) is 5.91 Å². The van der Waals surface area contributed by atoms with E-state index in [0.717, 1.165) is 35.1 Å². The van der Waals surface area contributed by atoms with Crippen LogP contribution < -0.4 is 5.32 Å². The number of carbonyl (C=O) groups excluding carboxylic acids is 2. The second kappa shape index (κ2) is 9.34. The maximum Gasteiger partial charge on any atom is 0.407 e. The molecule has 35 heavy (non-hydrogen) atoms. The van der Waals surface area contributed by atoms with E-state index >= 15 is 0 Å². The minimum absolute atomic E-state index is 0.0480. The maximum absolute atomic E-state index is 13.1. The van der Waals surface area contributed by atoms with Gasteiger partial charge < -0.3 is 24.8 Å². The highest BCUT2D eigenvalue weighted by molar-refractivity contribution is 5.86. The molecular formula is C27H30N2O6. The molecule has 2 fully saturated rings. The third-order valence-electron chi connectivity index (χ3n) is 7.11. The first-order valence-electron chi connectivity index (χ1n) is 12.1. The van der Waals surface area contributed by atoms with Crippen LogP contribution in [0.3, 0.4) is 0 Å². The molecular weight excluding hydrogens is 448 g/mol. The lowest BCUT2D eigenvalue weighted by atomic mass is 9.94. The average molecular weight is 479 g/mol. The van der Waals surface area contributed by atoms with Crippen molar-refractivity contribution in [2.24, 2.45) is 5.92 Å². The first-order chi connectivity index (χ1) is 16.8. The van der Waals surface area contributed by atoms with Gasteiger partial charge in [0.15, 0.2) is 0 Å². The van der Waals surface area contributed by atoms with Crippen molar-refractivity contribution in [1.82, 2.24) is 10.2 Å². The summed E-state index contributed by atoms with van der Waals surface area (Å²) in [5.74, 6) is -0.844. The van der Waals surface area contributed by atoms with E-state index in [1.54, 1.807) is 11.8 Å². The largest absolute Gasteiger partial charge is 0.480 e. The van der Waals surface area contributed by atoms with Gasteiger partial charge in [-0.3, -0.25) is 4.79 Å². The van der Waals surface area contributed by atoms with Crippen LogP contribution in [-0.4, -0.2) is 65.9 Å². The first-order valence-corrected chi connectivity index (χ1v) is 12.1. The summed E-state index contributed by atoms with van der Waals surface area (Å²) in [6.45, 7) is 2.17. The minimum Gasteiger partial charge on any atom is -0.480 e. The number of fused-ring (bicyclic) bond motifs is 3.